The van der Waals surface area contributed by atoms with Gasteiger partial charge in [0.15, 0.2) is 0 Å². The van der Waals surface area contributed by atoms with Crippen molar-refractivity contribution in [2.24, 2.45) is 0 Å². The monoisotopic (exact) mass is 259 g/mol. The number of aliphatic hydroxyl groups excluding tert-OH is 1. The number of hydrogen-bond acceptors (Lipinski definition) is 4. The summed E-state index contributed by atoms with van der Waals surface area (Å²) in [4.78, 5) is 23.3. The molecule has 0 radical (unpaired) electrons. The number of quaternary nitrogens is 1. The molecule has 6 nitrogen and oxygen atoms in total. The molecular formula is C12H21NO5. The van der Waals surface area contributed by atoms with Crippen molar-refractivity contribution in [2.75, 3.05) is 6.54 Å². The van der Waals surface area contributed by atoms with E-state index >= 15 is 0 Å². The van der Waals surface area contributed by atoms with Crippen molar-refractivity contribution in [3.63, 3.8) is 0 Å². The lowest BCUT2D eigenvalue weighted by Crippen LogP contribution is -2.79. The number of carboxylic acids is 1. The SMILES string of the molecule is CC[C@@]1(C(=O)O)[C@H](O)CC[N+]1(C(=O)[O-])C(C)(C)C. The number of nitrogens with zero attached hydrogens (tertiary/aromatic N) is 1. The first-order chi connectivity index (χ1) is 8.08. The second-order valence-electron chi connectivity index (χ2n) is 5.86. The summed E-state index contributed by atoms with van der Waals surface area (Å²) in [5.41, 5.74) is -2.61. The molecule has 3 atom stereocenters. The summed E-state index contributed by atoms with van der Waals surface area (Å²) in [6.45, 7) is 6.63. The third-order valence-electron chi connectivity index (χ3n) is 4.34. The van der Waals surface area contributed by atoms with Crippen LogP contribution in [0.25, 0.3) is 0 Å². The second kappa shape index (κ2) is 4.20. The summed E-state index contributed by atoms with van der Waals surface area (Å²) in [7, 11) is 0. The highest BCUT2D eigenvalue weighted by molar-refractivity contribution is 5.81. The third kappa shape index (κ3) is 1.48. The number of aliphatic carboxylic acids is 1. The zero-order chi connectivity index (χ0) is 14.4. The predicted molar refractivity (Wildman–Crippen MR) is 61.6 cm³/mol. The van der Waals surface area contributed by atoms with Crippen LogP contribution in [0.15, 0.2) is 0 Å². The van der Waals surface area contributed by atoms with Crippen molar-refractivity contribution in [1.82, 2.24) is 0 Å². The highest BCUT2D eigenvalue weighted by atomic mass is 16.4. The van der Waals surface area contributed by atoms with Crippen molar-refractivity contribution in [3.8, 4) is 0 Å². The minimum Gasteiger partial charge on any atom is -0.498 e. The van der Waals surface area contributed by atoms with Gasteiger partial charge >= 0.3 is 5.97 Å². The summed E-state index contributed by atoms with van der Waals surface area (Å²) in [5.74, 6) is -1.28. The molecule has 1 heterocycles. The molecule has 104 valence electrons. The van der Waals surface area contributed by atoms with E-state index in [2.05, 4.69) is 0 Å². The first-order valence-corrected chi connectivity index (χ1v) is 6.09. The van der Waals surface area contributed by atoms with Crippen molar-refractivity contribution in [1.29, 1.82) is 0 Å². The van der Waals surface area contributed by atoms with Crippen molar-refractivity contribution < 1.29 is 29.4 Å². The molecule has 1 rings (SSSR count). The van der Waals surface area contributed by atoms with Gasteiger partial charge in [-0.1, -0.05) is 6.92 Å². The lowest BCUT2D eigenvalue weighted by Gasteiger charge is -2.53. The lowest BCUT2D eigenvalue weighted by atomic mass is 9.84. The maximum Gasteiger partial charge on any atom is 0.369 e. The van der Waals surface area contributed by atoms with Gasteiger partial charge in [-0.2, -0.15) is 0 Å². The summed E-state index contributed by atoms with van der Waals surface area (Å²) >= 11 is 0. The first kappa shape index (κ1) is 14.9. The number of likely N-dealkylation sites (tertiary alicyclic amines) is 1. The van der Waals surface area contributed by atoms with Crippen LogP contribution in [0.5, 0.6) is 0 Å². The number of carbonyl (C=O) groups is 2. The summed E-state index contributed by atoms with van der Waals surface area (Å²) < 4.78 is -0.743. The molecule has 1 aliphatic rings. The number of amides is 1. The van der Waals surface area contributed by atoms with Crippen LogP contribution in [-0.4, -0.2) is 50.5 Å². The van der Waals surface area contributed by atoms with Crippen LogP contribution in [-0.2, 0) is 4.79 Å². The second-order valence-corrected chi connectivity index (χ2v) is 5.86. The molecule has 0 saturated carbocycles. The molecule has 0 aromatic carbocycles. The van der Waals surface area contributed by atoms with Crippen LogP contribution < -0.4 is 5.11 Å². The first-order valence-electron chi connectivity index (χ1n) is 6.09. The molecule has 0 aromatic rings. The maximum atomic E-state index is 11.7. The fourth-order valence-electron chi connectivity index (χ4n) is 3.43. The molecular weight excluding hydrogens is 238 g/mol. The Labute approximate surface area is 106 Å². The van der Waals surface area contributed by atoms with Crippen LogP contribution >= 0.6 is 0 Å². The summed E-state index contributed by atoms with van der Waals surface area (Å²) in [6, 6.07) is 0. The smallest absolute Gasteiger partial charge is 0.369 e. The average Bonchev–Trinajstić information content (AvgIpc) is 2.52. The Bertz CT molecular complexity index is 375. The van der Waals surface area contributed by atoms with Gasteiger partial charge in [0.05, 0.1) is 12.1 Å². The molecule has 1 amide bonds. The molecule has 1 saturated heterocycles. The van der Waals surface area contributed by atoms with E-state index in [0.29, 0.717) is 0 Å². The van der Waals surface area contributed by atoms with Crippen LogP contribution in [0.2, 0.25) is 0 Å². The van der Waals surface area contributed by atoms with Gasteiger partial charge < -0.3 is 20.1 Å². The van der Waals surface area contributed by atoms with Crippen LogP contribution in [0.1, 0.15) is 40.5 Å². The molecule has 1 fully saturated rings. The summed E-state index contributed by atoms with van der Waals surface area (Å²) in [5, 5.41) is 31.3. The maximum absolute atomic E-state index is 11.7. The Hall–Kier alpha value is -1.14. The van der Waals surface area contributed by atoms with Gasteiger partial charge in [0, 0.05) is 12.8 Å². The van der Waals surface area contributed by atoms with Crippen LogP contribution in [0.4, 0.5) is 4.79 Å². The van der Waals surface area contributed by atoms with Gasteiger partial charge in [-0.15, -0.1) is 0 Å². The number of hydrogen-bond donors (Lipinski definition) is 2. The molecule has 0 aliphatic carbocycles. The Morgan fingerprint density at radius 3 is 2.17 bits per heavy atom. The minimum atomic E-state index is -1.74. The minimum absolute atomic E-state index is 0.0365. The Morgan fingerprint density at radius 1 is 1.44 bits per heavy atom. The van der Waals surface area contributed by atoms with E-state index in [0.717, 1.165) is 0 Å². The van der Waals surface area contributed by atoms with Crippen molar-refractivity contribution in [3.05, 3.63) is 0 Å². The normalized spacial score (nSPS) is 36.6. The zero-order valence-electron chi connectivity index (χ0n) is 11.3. The zero-order valence-corrected chi connectivity index (χ0v) is 11.3. The quantitative estimate of drug-likeness (QED) is 0.677. The molecule has 1 aliphatic heterocycles. The van der Waals surface area contributed by atoms with E-state index in [1.165, 1.54) is 0 Å². The average molecular weight is 259 g/mol. The van der Waals surface area contributed by atoms with Gasteiger partial charge in [-0.3, -0.25) is 4.48 Å². The highest BCUT2D eigenvalue weighted by Crippen LogP contribution is 2.46. The number of rotatable bonds is 2. The van der Waals surface area contributed by atoms with Crippen molar-refractivity contribution in [2.45, 2.75) is 57.7 Å². The molecule has 18 heavy (non-hydrogen) atoms. The van der Waals surface area contributed by atoms with Crippen LogP contribution in [0.3, 0.4) is 0 Å². The standard InChI is InChI=1S/C12H21NO5/c1-5-12(9(15)16)8(14)6-7-13(12,10(17)18)11(2,3)4/h8,14H,5-7H2,1-4H3,(H-,15,16,17,18)/t8-,12+,13?/m1/s1. The van der Waals surface area contributed by atoms with Gasteiger partial charge in [0.2, 0.25) is 5.54 Å². The van der Waals surface area contributed by atoms with Gasteiger partial charge in [0.25, 0.3) is 6.09 Å². The molecule has 1 unspecified atom stereocenters. The topological polar surface area (TPSA) is 97.7 Å². The summed E-state index contributed by atoms with van der Waals surface area (Å²) in [6.07, 6.45) is -2.44. The molecule has 6 heteroatoms. The Kier molecular flexibility index (Phi) is 3.49. The van der Waals surface area contributed by atoms with E-state index in [4.69, 9.17) is 0 Å². The molecule has 0 aromatic heterocycles. The molecule has 0 bridgehead atoms. The van der Waals surface area contributed by atoms with E-state index in [-0.39, 0.29) is 19.4 Å². The van der Waals surface area contributed by atoms with Gasteiger partial charge in [-0.05, 0) is 20.8 Å². The van der Waals surface area contributed by atoms with Crippen LogP contribution in [0, 0.1) is 0 Å². The predicted octanol–water partition coefficient (Wildman–Crippen LogP) is -0.0570. The third-order valence-corrected chi connectivity index (χ3v) is 4.34. The van der Waals surface area contributed by atoms with E-state index in [1.807, 2.05) is 0 Å². The van der Waals surface area contributed by atoms with E-state index in [1.54, 1.807) is 27.7 Å². The fraction of sp³-hybridized carbons (Fsp3) is 0.833. The Balaban J connectivity index is 3.61. The molecule has 0 spiro atoms. The van der Waals surface area contributed by atoms with Crippen molar-refractivity contribution >= 4 is 12.1 Å². The highest BCUT2D eigenvalue weighted by Gasteiger charge is 2.70. The Morgan fingerprint density at radius 2 is 1.94 bits per heavy atom. The number of carboxylic acid groups (broad SMARTS) is 2. The van der Waals surface area contributed by atoms with Gasteiger partial charge in [0.1, 0.15) is 6.10 Å². The van der Waals surface area contributed by atoms with E-state index < -0.39 is 33.7 Å². The van der Waals surface area contributed by atoms with E-state index in [9.17, 15) is 24.9 Å². The van der Waals surface area contributed by atoms with Gasteiger partial charge in [-0.25, -0.2) is 4.79 Å². The lowest BCUT2D eigenvalue weighted by molar-refractivity contribution is -0.947. The largest absolute Gasteiger partial charge is 0.498 e. The number of aliphatic hydroxyl groups is 1. The molecule has 2 N–H and O–H groups in total. The number of carbonyl (C=O) groups excluding carboxylic acids is 1. The fourth-order valence-corrected chi connectivity index (χ4v) is 3.43.